The smallest absolute Gasteiger partial charge is 0.266 e. The molecular formula is C20H24N2O3S. The molecule has 0 fully saturated rings. The first-order valence-electron chi connectivity index (χ1n) is 9.07. The van der Waals surface area contributed by atoms with Gasteiger partial charge >= 0.3 is 0 Å². The number of carbonyl (C=O) groups is 2. The molecule has 0 saturated heterocycles. The molecule has 1 aliphatic carbocycles. The highest BCUT2D eigenvalue weighted by Gasteiger charge is 2.26. The van der Waals surface area contributed by atoms with Crippen LogP contribution in [0.5, 0.6) is 5.75 Å². The molecule has 1 aromatic carbocycles. The second-order valence-electron chi connectivity index (χ2n) is 6.45. The van der Waals surface area contributed by atoms with E-state index in [4.69, 9.17) is 10.5 Å². The summed E-state index contributed by atoms with van der Waals surface area (Å²) in [5, 5.41) is 3.45. The topological polar surface area (TPSA) is 81.4 Å². The minimum atomic E-state index is -0.625. The average Bonchev–Trinajstić information content (AvgIpc) is 2.81. The molecule has 2 amide bonds. The van der Waals surface area contributed by atoms with Gasteiger partial charge in [0.05, 0.1) is 5.56 Å². The summed E-state index contributed by atoms with van der Waals surface area (Å²) >= 11 is 1.48. The zero-order chi connectivity index (χ0) is 18.5. The zero-order valence-corrected chi connectivity index (χ0v) is 15.7. The molecule has 1 heterocycles. The second-order valence-corrected chi connectivity index (χ2v) is 7.56. The molecule has 26 heavy (non-hydrogen) atoms. The van der Waals surface area contributed by atoms with Crippen LogP contribution in [0.3, 0.4) is 0 Å². The van der Waals surface area contributed by atoms with Crippen molar-refractivity contribution in [2.24, 2.45) is 5.73 Å². The van der Waals surface area contributed by atoms with Gasteiger partial charge in [-0.2, -0.15) is 0 Å². The van der Waals surface area contributed by atoms with Gasteiger partial charge in [-0.05, 0) is 49.8 Å². The van der Waals surface area contributed by atoms with E-state index in [1.54, 1.807) is 0 Å². The van der Waals surface area contributed by atoms with Crippen LogP contribution >= 0.6 is 11.3 Å². The lowest BCUT2D eigenvalue weighted by Gasteiger charge is -2.17. The number of hydrogen-bond acceptors (Lipinski definition) is 4. The van der Waals surface area contributed by atoms with Crippen LogP contribution in [-0.2, 0) is 17.6 Å². The van der Waals surface area contributed by atoms with Gasteiger partial charge in [-0.1, -0.05) is 31.5 Å². The van der Waals surface area contributed by atoms with Gasteiger partial charge < -0.3 is 15.8 Å². The van der Waals surface area contributed by atoms with Crippen molar-refractivity contribution in [1.82, 2.24) is 0 Å². The summed E-state index contributed by atoms with van der Waals surface area (Å²) in [6.45, 7) is 1.89. The van der Waals surface area contributed by atoms with Crippen molar-refractivity contribution >= 4 is 28.2 Å². The molecule has 1 aromatic heterocycles. The third-order valence-electron chi connectivity index (χ3n) is 4.59. The van der Waals surface area contributed by atoms with Crippen LogP contribution in [0.4, 0.5) is 5.00 Å². The van der Waals surface area contributed by atoms with E-state index in [0.717, 1.165) is 37.7 Å². The quantitative estimate of drug-likeness (QED) is 0.754. The number of carbonyl (C=O) groups excluding carboxylic acids is 2. The van der Waals surface area contributed by atoms with Gasteiger partial charge in [0.1, 0.15) is 10.8 Å². The zero-order valence-electron chi connectivity index (χ0n) is 14.9. The maximum Gasteiger partial charge on any atom is 0.266 e. The SMILES string of the molecule is CCC(Oc1ccccc1)C(=O)Nc1sc2c(c1C(N)=O)CCCCC2. The van der Waals surface area contributed by atoms with Crippen molar-refractivity contribution in [1.29, 1.82) is 0 Å². The van der Waals surface area contributed by atoms with E-state index in [2.05, 4.69) is 5.32 Å². The molecule has 3 N–H and O–H groups in total. The van der Waals surface area contributed by atoms with E-state index in [9.17, 15) is 9.59 Å². The summed E-state index contributed by atoms with van der Waals surface area (Å²) < 4.78 is 5.80. The molecular weight excluding hydrogens is 348 g/mol. The molecule has 0 spiro atoms. The molecule has 3 rings (SSSR count). The number of benzene rings is 1. The van der Waals surface area contributed by atoms with Crippen LogP contribution in [-0.4, -0.2) is 17.9 Å². The fourth-order valence-electron chi connectivity index (χ4n) is 3.27. The van der Waals surface area contributed by atoms with Crippen molar-refractivity contribution in [3.8, 4) is 5.75 Å². The molecule has 0 aliphatic heterocycles. The first kappa shape index (κ1) is 18.5. The number of amides is 2. The number of primary amides is 1. The minimum absolute atomic E-state index is 0.254. The standard InChI is InChI=1S/C20H24N2O3S/c1-2-15(25-13-9-5-3-6-10-13)19(24)22-20-17(18(21)23)14-11-7-4-8-12-16(14)26-20/h3,5-6,9-10,15H,2,4,7-8,11-12H2,1H3,(H2,21,23)(H,22,24). The highest BCUT2D eigenvalue weighted by atomic mass is 32.1. The van der Waals surface area contributed by atoms with E-state index >= 15 is 0 Å². The Morgan fingerprint density at radius 1 is 1.19 bits per heavy atom. The predicted octanol–water partition coefficient (Wildman–Crippen LogP) is 3.91. The number of nitrogens with two attached hydrogens (primary N) is 1. The van der Waals surface area contributed by atoms with Crippen LogP contribution < -0.4 is 15.8 Å². The molecule has 1 atom stereocenters. The van der Waals surface area contributed by atoms with Crippen LogP contribution in [0, 0.1) is 0 Å². The van der Waals surface area contributed by atoms with Crippen LogP contribution in [0.2, 0.25) is 0 Å². The number of nitrogens with one attached hydrogen (secondary N) is 1. The molecule has 6 heteroatoms. The second kappa shape index (κ2) is 8.36. The molecule has 0 radical (unpaired) electrons. The molecule has 5 nitrogen and oxygen atoms in total. The Balaban J connectivity index is 1.80. The third kappa shape index (κ3) is 4.07. The van der Waals surface area contributed by atoms with Gasteiger partial charge in [0, 0.05) is 4.88 Å². The predicted molar refractivity (Wildman–Crippen MR) is 104 cm³/mol. The van der Waals surface area contributed by atoms with Gasteiger partial charge in [0.25, 0.3) is 11.8 Å². The summed E-state index contributed by atoms with van der Waals surface area (Å²) in [5.74, 6) is -0.0847. The number of rotatable bonds is 6. The van der Waals surface area contributed by atoms with Gasteiger partial charge in [0.2, 0.25) is 0 Å². The molecule has 2 aromatic rings. The number of thiophene rings is 1. The Kier molecular flexibility index (Phi) is 5.93. The van der Waals surface area contributed by atoms with Crippen molar-refractivity contribution in [2.75, 3.05) is 5.32 Å². The van der Waals surface area contributed by atoms with Crippen molar-refractivity contribution in [3.63, 3.8) is 0 Å². The molecule has 0 bridgehead atoms. The summed E-state index contributed by atoms with van der Waals surface area (Å²) in [6.07, 6.45) is 4.99. The van der Waals surface area contributed by atoms with Crippen LogP contribution in [0.15, 0.2) is 30.3 Å². The first-order chi connectivity index (χ1) is 12.6. The Morgan fingerprint density at radius 2 is 1.92 bits per heavy atom. The number of ether oxygens (including phenoxy) is 1. The minimum Gasteiger partial charge on any atom is -0.481 e. The van der Waals surface area contributed by atoms with E-state index in [-0.39, 0.29) is 5.91 Å². The van der Waals surface area contributed by atoms with Gasteiger partial charge in [-0.3, -0.25) is 9.59 Å². The monoisotopic (exact) mass is 372 g/mol. The highest BCUT2D eigenvalue weighted by Crippen LogP contribution is 2.37. The maximum atomic E-state index is 12.7. The van der Waals surface area contributed by atoms with Gasteiger partial charge in [-0.25, -0.2) is 0 Å². The lowest BCUT2D eigenvalue weighted by atomic mass is 10.1. The van der Waals surface area contributed by atoms with Crippen LogP contribution in [0.25, 0.3) is 0 Å². The third-order valence-corrected chi connectivity index (χ3v) is 5.80. The van der Waals surface area contributed by atoms with Crippen molar-refractivity contribution in [2.45, 2.75) is 51.6 Å². The molecule has 0 saturated carbocycles. The van der Waals surface area contributed by atoms with Crippen molar-refractivity contribution in [3.05, 3.63) is 46.3 Å². The molecule has 138 valence electrons. The lowest BCUT2D eigenvalue weighted by molar-refractivity contribution is -0.122. The summed E-state index contributed by atoms with van der Waals surface area (Å²) in [7, 11) is 0. The Labute approximate surface area is 157 Å². The van der Waals surface area contributed by atoms with E-state index < -0.39 is 12.0 Å². The average molecular weight is 372 g/mol. The fourth-order valence-corrected chi connectivity index (χ4v) is 4.57. The largest absolute Gasteiger partial charge is 0.481 e. The number of para-hydroxylation sites is 1. The first-order valence-corrected chi connectivity index (χ1v) is 9.88. The normalized spacial score (nSPS) is 14.8. The fraction of sp³-hybridized carbons (Fsp3) is 0.400. The number of fused-ring (bicyclic) bond motifs is 1. The summed E-state index contributed by atoms with van der Waals surface area (Å²) in [5.41, 5.74) is 7.13. The Hall–Kier alpha value is -2.34. The Morgan fingerprint density at radius 3 is 2.62 bits per heavy atom. The Bertz CT molecular complexity index is 786. The lowest BCUT2D eigenvalue weighted by Crippen LogP contribution is -2.32. The molecule has 1 aliphatic rings. The summed E-state index contributed by atoms with van der Waals surface area (Å²) in [6, 6.07) is 9.25. The number of aryl methyl sites for hydroxylation is 1. The number of hydrogen-bond donors (Lipinski definition) is 2. The molecule has 1 unspecified atom stereocenters. The van der Waals surface area contributed by atoms with E-state index in [1.165, 1.54) is 16.2 Å². The maximum absolute atomic E-state index is 12.7. The summed E-state index contributed by atoms with van der Waals surface area (Å²) in [4.78, 5) is 25.9. The van der Waals surface area contributed by atoms with Crippen LogP contribution in [0.1, 0.15) is 53.4 Å². The van der Waals surface area contributed by atoms with E-state index in [1.807, 2.05) is 37.3 Å². The van der Waals surface area contributed by atoms with E-state index in [0.29, 0.717) is 22.7 Å². The van der Waals surface area contributed by atoms with Gasteiger partial charge in [0.15, 0.2) is 6.10 Å². The highest BCUT2D eigenvalue weighted by molar-refractivity contribution is 7.17. The number of anilines is 1. The van der Waals surface area contributed by atoms with Crippen molar-refractivity contribution < 1.29 is 14.3 Å². The van der Waals surface area contributed by atoms with Gasteiger partial charge in [-0.15, -0.1) is 11.3 Å².